The highest BCUT2D eigenvalue weighted by molar-refractivity contribution is 8.01. The second-order valence-corrected chi connectivity index (χ2v) is 6.55. The minimum Gasteiger partial charge on any atom is -0.494 e. The number of carbonyl (C=O) groups excluding carboxylic acids is 2. The topological polar surface area (TPSA) is 67.4 Å². The fraction of sp³-hybridized carbons (Fsp3) is 0.222. The van der Waals surface area contributed by atoms with Crippen molar-refractivity contribution < 1.29 is 14.3 Å². The molecule has 1 unspecified atom stereocenters. The van der Waals surface area contributed by atoms with Gasteiger partial charge in [0, 0.05) is 17.0 Å². The van der Waals surface area contributed by atoms with Crippen LogP contribution in [0.3, 0.4) is 0 Å². The third-order valence-electron chi connectivity index (χ3n) is 3.53. The molecule has 0 saturated heterocycles. The van der Waals surface area contributed by atoms with E-state index in [1.807, 2.05) is 31.2 Å². The van der Waals surface area contributed by atoms with Gasteiger partial charge in [0.05, 0.1) is 17.5 Å². The SMILES string of the molecule is CCOc1ccc(NC(=O)CC2Sc3ccccc3NC2=O)cc1. The number of para-hydroxylation sites is 1. The van der Waals surface area contributed by atoms with E-state index >= 15 is 0 Å². The molecule has 1 aliphatic rings. The zero-order valence-corrected chi connectivity index (χ0v) is 14.1. The molecule has 2 N–H and O–H groups in total. The van der Waals surface area contributed by atoms with Crippen LogP contribution in [-0.4, -0.2) is 23.7 Å². The second-order valence-electron chi connectivity index (χ2n) is 5.30. The third-order valence-corrected chi connectivity index (χ3v) is 4.80. The Morgan fingerprint density at radius 1 is 1.21 bits per heavy atom. The number of anilines is 2. The molecule has 2 amide bonds. The van der Waals surface area contributed by atoms with Gasteiger partial charge < -0.3 is 15.4 Å². The van der Waals surface area contributed by atoms with Crippen LogP contribution in [0.1, 0.15) is 13.3 Å². The van der Waals surface area contributed by atoms with Crippen molar-refractivity contribution in [1.29, 1.82) is 0 Å². The summed E-state index contributed by atoms with van der Waals surface area (Å²) < 4.78 is 5.37. The Bertz CT molecular complexity index is 746. The van der Waals surface area contributed by atoms with E-state index in [9.17, 15) is 9.59 Å². The Hall–Kier alpha value is -2.47. The van der Waals surface area contributed by atoms with E-state index in [-0.39, 0.29) is 18.2 Å². The van der Waals surface area contributed by atoms with Crippen molar-refractivity contribution in [2.75, 3.05) is 17.2 Å². The van der Waals surface area contributed by atoms with Gasteiger partial charge in [-0.25, -0.2) is 0 Å². The van der Waals surface area contributed by atoms with Gasteiger partial charge in [-0.3, -0.25) is 9.59 Å². The highest BCUT2D eigenvalue weighted by Gasteiger charge is 2.28. The molecule has 124 valence electrons. The lowest BCUT2D eigenvalue weighted by Gasteiger charge is -2.23. The zero-order chi connectivity index (χ0) is 16.9. The first-order chi connectivity index (χ1) is 11.7. The molecule has 0 aliphatic carbocycles. The molecule has 0 fully saturated rings. The van der Waals surface area contributed by atoms with E-state index in [1.54, 1.807) is 24.3 Å². The maximum absolute atomic E-state index is 12.2. The minimum absolute atomic E-state index is 0.123. The van der Waals surface area contributed by atoms with Gasteiger partial charge in [-0.15, -0.1) is 11.8 Å². The summed E-state index contributed by atoms with van der Waals surface area (Å²) in [6.45, 7) is 2.52. The van der Waals surface area contributed by atoms with Crippen LogP contribution < -0.4 is 15.4 Å². The number of fused-ring (bicyclic) bond motifs is 1. The molecule has 3 rings (SSSR count). The van der Waals surface area contributed by atoms with Gasteiger partial charge in [-0.2, -0.15) is 0 Å². The van der Waals surface area contributed by atoms with E-state index in [0.29, 0.717) is 12.3 Å². The zero-order valence-electron chi connectivity index (χ0n) is 13.2. The maximum atomic E-state index is 12.2. The molecule has 0 aromatic heterocycles. The van der Waals surface area contributed by atoms with Gasteiger partial charge >= 0.3 is 0 Å². The molecule has 5 nitrogen and oxygen atoms in total. The molecule has 0 spiro atoms. The number of hydrogen-bond acceptors (Lipinski definition) is 4. The highest BCUT2D eigenvalue weighted by Crippen LogP contribution is 2.36. The standard InChI is InChI=1S/C18H18N2O3S/c1-2-23-13-9-7-12(8-10-13)19-17(21)11-16-18(22)20-14-5-3-4-6-15(14)24-16/h3-10,16H,2,11H2,1H3,(H,19,21)(H,20,22). The number of nitrogens with one attached hydrogen (secondary N) is 2. The first kappa shape index (κ1) is 16.4. The maximum Gasteiger partial charge on any atom is 0.238 e. The average molecular weight is 342 g/mol. The smallest absolute Gasteiger partial charge is 0.238 e. The Morgan fingerprint density at radius 3 is 2.71 bits per heavy atom. The van der Waals surface area contributed by atoms with Crippen molar-refractivity contribution >= 4 is 35.0 Å². The summed E-state index contributed by atoms with van der Waals surface area (Å²) in [5.74, 6) is 0.432. The largest absolute Gasteiger partial charge is 0.494 e. The van der Waals surface area contributed by atoms with Crippen LogP contribution in [0.15, 0.2) is 53.4 Å². The third kappa shape index (κ3) is 3.89. The summed E-state index contributed by atoms with van der Waals surface area (Å²) >= 11 is 1.42. The van der Waals surface area contributed by atoms with Crippen molar-refractivity contribution in [3.8, 4) is 5.75 Å². The van der Waals surface area contributed by atoms with Gasteiger partial charge in [0.15, 0.2) is 0 Å². The second kappa shape index (κ2) is 7.40. The lowest BCUT2D eigenvalue weighted by atomic mass is 10.2. The fourth-order valence-electron chi connectivity index (χ4n) is 2.41. The fourth-order valence-corrected chi connectivity index (χ4v) is 3.52. The van der Waals surface area contributed by atoms with Crippen molar-refractivity contribution in [3.05, 3.63) is 48.5 Å². The predicted molar refractivity (Wildman–Crippen MR) is 95.6 cm³/mol. The Balaban J connectivity index is 1.60. The molecule has 24 heavy (non-hydrogen) atoms. The van der Waals surface area contributed by atoms with Gasteiger partial charge in [0.1, 0.15) is 5.75 Å². The monoisotopic (exact) mass is 342 g/mol. The molecule has 0 radical (unpaired) electrons. The summed E-state index contributed by atoms with van der Waals surface area (Å²) in [6.07, 6.45) is 0.123. The summed E-state index contributed by atoms with van der Waals surface area (Å²) in [7, 11) is 0. The van der Waals surface area contributed by atoms with Crippen LogP contribution in [0.2, 0.25) is 0 Å². The van der Waals surface area contributed by atoms with Crippen LogP contribution in [0, 0.1) is 0 Å². The lowest BCUT2D eigenvalue weighted by Crippen LogP contribution is -2.32. The molecular weight excluding hydrogens is 324 g/mol. The van der Waals surface area contributed by atoms with Crippen LogP contribution in [0.25, 0.3) is 0 Å². The first-order valence-corrected chi connectivity index (χ1v) is 8.63. The minimum atomic E-state index is -0.428. The van der Waals surface area contributed by atoms with Crippen molar-refractivity contribution in [2.24, 2.45) is 0 Å². The first-order valence-electron chi connectivity index (χ1n) is 7.75. The number of amides is 2. The molecule has 0 bridgehead atoms. The summed E-state index contributed by atoms with van der Waals surface area (Å²) in [5.41, 5.74) is 1.49. The van der Waals surface area contributed by atoms with Gasteiger partial charge in [0.25, 0.3) is 0 Å². The van der Waals surface area contributed by atoms with E-state index < -0.39 is 5.25 Å². The molecule has 0 saturated carbocycles. The van der Waals surface area contributed by atoms with E-state index in [4.69, 9.17) is 4.74 Å². The van der Waals surface area contributed by atoms with E-state index in [1.165, 1.54) is 11.8 Å². The molecule has 1 heterocycles. The molecule has 1 atom stereocenters. The molecule has 2 aromatic carbocycles. The Labute approximate surface area is 144 Å². The number of rotatable bonds is 5. The van der Waals surface area contributed by atoms with Gasteiger partial charge in [-0.1, -0.05) is 12.1 Å². The van der Waals surface area contributed by atoms with Gasteiger partial charge in [-0.05, 0) is 43.3 Å². The highest BCUT2D eigenvalue weighted by atomic mass is 32.2. The van der Waals surface area contributed by atoms with Crippen molar-refractivity contribution in [2.45, 2.75) is 23.5 Å². The predicted octanol–water partition coefficient (Wildman–Crippen LogP) is 3.53. The number of hydrogen-bond donors (Lipinski definition) is 2. The van der Waals surface area contributed by atoms with Crippen LogP contribution in [0.4, 0.5) is 11.4 Å². The van der Waals surface area contributed by atoms with Crippen molar-refractivity contribution in [3.63, 3.8) is 0 Å². The number of ether oxygens (including phenoxy) is 1. The van der Waals surface area contributed by atoms with E-state index in [2.05, 4.69) is 10.6 Å². The van der Waals surface area contributed by atoms with Gasteiger partial charge in [0.2, 0.25) is 11.8 Å². The van der Waals surface area contributed by atoms with Crippen LogP contribution in [-0.2, 0) is 9.59 Å². The Kier molecular flexibility index (Phi) is 5.05. The normalized spacial score (nSPS) is 16.0. The molecule has 6 heteroatoms. The summed E-state index contributed by atoms with van der Waals surface area (Å²) in [5, 5.41) is 5.23. The Morgan fingerprint density at radius 2 is 1.96 bits per heavy atom. The van der Waals surface area contributed by atoms with Crippen LogP contribution in [0.5, 0.6) is 5.75 Å². The molecular formula is C18H18N2O3S. The number of benzene rings is 2. The quantitative estimate of drug-likeness (QED) is 0.872. The summed E-state index contributed by atoms with van der Waals surface area (Å²) in [6, 6.07) is 14.8. The van der Waals surface area contributed by atoms with Crippen molar-refractivity contribution in [1.82, 2.24) is 0 Å². The van der Waals surface area contributed by atoms with Crippen LogP contribution >= 0.6 is 11.8 Å². The number of thioether (sulfide) groups is 1. The lowest BCUT2D eigenvalue weighted by molar-refractivity contribution is -0.120. The van der Waals surface area contributed by atoms with E-state index in [0.717, 1.165) is 16.3 Å². The molecule has 1 aliphatic heterocycles. The number of carbonyl (C=O) groups is 2. The molecule has 2 aromatic rings. The summed E-state index contributed by atoms with van der Waals surface area (Å²) in [4.78, 5) is 25.3. The average Bonchev–Trinajstić information content (AvgIpc) is 2.57.